The molecular weight excluding hydrogens is 485 g/mol. The number of H-pyrrole nitrogens is 1. The van der Waals surface area contributed by atoms with E-state index in [9.17, 15) is 9.59 Å². The Morgan fingerprint density at radius 1 is 1.06 bits per heavy atom. The topological polar surface area (TPSA) is 81.3 Å². The van der Waals surface area contributed by atoms with E-state index < -0.39 is 0 Å². The molecule has 2 saturated heterocycles. The van der Waals surface area contributed by atoms with Crippen molar-refractivity contribution in [3.63, 3.8) is 0 Å². The minimum absolute atomic E-state index is 0.0611. The molecule has 0 aliphatic carbocycles. The van der Waals surface area contributed by atoms with Crippen molar-refractivity contribution in [3.05, 3.63) is 63.4 Å². The maximum atomic E-state index is 13.2. The number of amides is 2. The molecule has 3 aromatic rings. The van der Waals surface area contributed by atoms with Crippen LogP contribution in [0.3, 0.4) is 0 Å². The number of piperidine rings is 1. The van der Waals surface area contributed by atoms with Gasteiger partial charge in [-0.1, -0.05) is 23.2 Å². The number of hydrogen-bond donors (Lipinski definition) is 2. The number of nitrogens with one attached hydrogen (secondary N) is 2. The minimum Gasteiger partial charge on any atom is -0.345 e. The smallest absolute Gasteiger partial charge is 0.255 e. The van der Waals surface area contributed by atoms with E-state index in [0.717, 1.165) is 43.5 Å². The summed E-state index contributed by atoms with van der Waals surface area (Å²) < 4.78 is 0. The summed E-state index contributed by atoms with van der Waals surface area (Å²) in [6, 6.07) is 10.3. The molecule has 5 rings (SSSR count). The highest BCUT2D eigenvalue weighted by Crippen LogP contribution is 2.25. The SMILES string of the molecule is O=C(NCc1nc2ccc(Cl)cc2[nH]1)c1ccc(C(=O)N2CCCC(CN3CCCC3)C2)c(Cl)c1. The molecule has 7 nitrogen and oxygen atoms in total. The van der Waals surface area contributed by atoms with Crippen molar-refractivity contribution in [3.8, 4) is 0 Å². The molecule has 2 aromatic carbocycles. The Labute approximate surface area is 214 Å². The van der Waals surface area contributed by atoms with Crippen molar-refractivity contribution in [1.29, 1.82) is 0 Å². The van der Waals surface area contributed by atoms with Gasteiger partial charge >= 0.3 is 0 Å². The number of benzene rings is 2. The van der Waals surface area contributed by atoms with Gasteiger partial charge in [-0.2, -0.15) is 0 Å². The van der Waals surface area contributed by atoms with Crippen molar-refractivity contribution in [2.45, 2.75) is 32.2 Å². The van der Waals surface area contributed by atoms with Gasteiger partial charge in [0.1, 0.15) is 5.82 Å². The summed E-state index contributed by atoms with van der Waals surface area (Å²) in [5, 5.41) is 3.76. The first kappa shape index (κ1) is 24.1. The predicted octanol–water partition coefficient (Wildman–Crippen LogP) is 4.75. The van der Waals surface area contributed by atoms with E-state index in [-0.39, 0.29) is 18.4 Å². The van der Waals surface area contributed by atoms with E-state index in [1.165, 1.54) is 25.9 Å². The molecule has 1 unspecified atom stereocenters. The average Bonchev–Trinajstić information content (AvgIpc) is 3.51. The molecule has 184 valence electrons. The normalized spacial score (nSPS) is 18.8. The Morgan fingerprint density at radius 2 is 1.89 bits per heavy atom. The summed E-state index contributed by atoms with van der Waals surface area (Å²) in [4.78, 5) is 37.9. The molecule has 35 heavy (non-hydrogen) atoms. The zero-order chi connectivity index (χ0) is 24.4. The second kappa shape index (κ2) is 10.6. The fourth-order valence-corrected chi connectivity index (χ4v) is 5.55. The third kappa shape index (κ3) is 5.63. The number of rotatable bonds is 6. The molecule has 2 aliphatic rings. The first-order chi connectivity index (χ1) is 17.0. The maximum absolute atomic E-state index is 13.2. The second-order valence-corrected chi connectivity index (χ2v) is 10.3. The summed E-state index contributed by atoms with van der Waals surface area (Å²) in [6.07, 6.45) is 4.72. The quantitative estimate of drug-likeness (QED) is 0.498. The molecular formula is C26H29Cl2N5O2. The van der Waals surface area contributed by atoms with Gasteiger partial charge in [0.2, 0.25) is 0 Å². The van der Waals surface area contributed by atoms with Crippen molar-refractivity contribution < 1.29 is 9.59 Å². The number of aromatic nitrogens is 2. The van der Waals surface area contributed by atoms with Crippen molar-refractivity contribution in [2.24, 2.45) is 5.92 Å². The number of fused-ring (bicyclic) bond motifs is 1. The molecule has 1 aromatic heterocycles. The molecule has 0 saturated carbocycles. The van der Waals surface area contributed by atoms with Gasteiger partial charge in [-0.25, -0.2) is 4.98 Å². The van der Waals surface area contributed by atoms with Crippen LogP contribution in [0, 0.1) is 5.92 Å². The van der Waals surface area contributed by atoms with Crippen LogP contribution < -0.4 is 5.32 Å². The molecule has 2 N–H and O–H groups in total. The zero-order valence-electron chi connectivity index (χ0n) is 19.5. The van der Waals surface area contributed by atoms with Crippen LogP contribution in [0.15, 0.2) is 36.4 Å². The lowest BCUT2D eigenvalue weighted by Gasteiger charge is -2.35. The standard InChI is InChI=1S/C26H29Cl2N5O2/c27-19-6-8-22-23(13-19)31-24(30-22)14-29-25(34)18-5-7-20(21(28)12-18)26(35)33-11-3-4-17(16-33)15-32-9-1-2-10-32/h5-8,12-13,17H,1-4,9-11,14-16H2,(H,29,34)(H,30,31). The fraction of sp³-hybridized carbons (Fsp3) is 0.423. The Morgan fingerprint density at radius 3 is 2.69 bits per heavy atom. The highest BCUT2D eigenvalue weighted by atomic mass is 35.5. The van der Waals surface area contributed by atoms with Crippen LogP contribution in [0.5, 0.6) is 0 Å². The van der Waals surface area contributed by atoms with Crippen molar-refractivity contribution in [1.82, 2.24) is 25.1 Å². The highest BCUT2D eigenvalue weighted by Gasteiger charge is 2.28. The third-order valence-electron chi connectivity index (χ3n) is 6.89. The molecule has 0 bridgehead atoms. The molecule has 0 radical (unpaired) electrons. The van der Waals surface area contributed by atoms with Crippen LogP contribution in [0.1, 0.15) is 52.2 Å². The molecule has 2 aliphatic heterocycles. The van der Waals surface area contributed by atoms with Crippen LogP contribution in [0.25, 0.3) is 11.0 Å². The van der Waals surface area contributed by atoms with Crippen LogP contribution in [0.4, 0.5) is 0 Å². The fourth-order valence-electron chi connectivity index (χ4n) is 5.11. The second-order valence-electron chi connectivity index (χ2n) is 9.49. The molecule has 2 fully saturated rings. The van der Waals surface area contributed by atoms with E-state index >= 15 is 0 Å². The summed E-state index contributed by atoms with van der Waals surface area (Å²) in [5.41, 5.74) is 2.44. The lowest BCUT2D eigenvalue weighted by molar-refractivity contribution is 0.0648. The van der Waals surface area contributed by atoms with Gasteiger partial charge in [-0.15, -0.1) is 0 Å². The zero-order valence-corrected chi connectivity index (χ0v) is 21.0. The Hall–Kier alpha value is -2.61. The molecule has 0 spiro atoms. The predicted molar refractivity (Wildman–Crippen MR) is 138 cm³/mol. The third-order valence-corrected chi connectivity index (χ3v) is 7.44. The van der Waals surface area contributed by atoms with Crippen LogP contribution >= 0.6 is 23.2 Å². The van der Waals surface area contributed by atoms with Gasteiger partial charge in [0.05, 0.1) is 28.2 Å². The van der Waals surface area contributed by atoms with Gasteiger partial charge in [0, 0.05) is 30.2 Å². The maximum Gasteiger partial charge on any atom is 0.255 e. The van der Waals surface area contributed by atoms with E-state index in [1.807, 2.05) is 11.0 Å². The highest BCUT2D eigenvalue weighted by molar-refractivity contribution is 6.34. The monoisotopic (exact) mass is 513 g/mol. The molecule has 1 atom stereocenters. The molecule has 3 heterocycles. The van der Waals surface area contributed by atoms with Crippen LogP contribution in [0.2, 0.25) is 10.0 Å². The van der Waals surface area contributed by atoms with Crippen molar-refractivity contribution in [2.75, 3.05) is 32.7 Å². The number of carbonyl (C=O) groups excluding carboxylic acids is 2. The number of halogens is 2. The number of carbonyl (C=O) groups is 2. The molecule has 9 heteroatoms. The first-order valence-corrected chi connectivity index (χ1v) is 13.0. The average molecular weight is 514 g/mol. The summed E-state index contributed by atoms with van der Waals surface area (Å²) >= 11 is 12.5. The lowest BCUT2D eigenvalue weighted by atomic mass is 9.96. The van der Waals surface area contributed by atoms with Crippen LogP contribution in [-0.2, 0) is 6.54 Å². The van der Waals surface area contributed by atoms with Gasteiger partial charge < -0.3 is 20.1 Å². The minimum atomic E-state index is -0.284. The van der Waals surface area contributed by atoms with Gasteiger partial charge in [-0.05, 0) is 81.1 Å². The summed E-state index contributed by atoms with van der Waals surface area (Å²) in [7, 11) is 0. The summed E-state index contributed by atoms with van der Waals surface area (Å²) in [5.74, 6) is 0.785. The Kier molecular flexibility index (Phi) is 7.27. The number of likely N-dealkylation sites (tertiary alicyclic amines) is 2. The van der Waals surface area contributed by atoms with Gasteiger partial charge in [-0.3, -0.25) is 9.59 Å². The largest absolute Gasteiger partial charge is 0.345 e. The number of nitrogens with zero attached hydrogens (tertiary/aromatic N) is 3. The van der Waals surface area contributed by atoms with Gasteiger partial charge in [0.15, 0.2) is 0 Å². The van der Waals surface area contributed by atoms with Gasteiger partial charge in [0.25, 0.3) is 11.8 Å². The van der Waals surface area contributed by atoms with E-state index in [1.54, 1.807) is 30.3 Å². The Balaban J connectivity index is 1.20. The summed E-state index contributed by atoms with van der Waals surface area (Å²) in [6.45, 7) is 5.15. The first-order valence-electron chi connectivity index (χ1n) is 12.2. The van der Waals surface area contributed by atoms with E-state index in [2.05, 4.69) is 20.2 Å². The number of hydrogen-bond acceptors (Lipinski definition) is 4. The van der Waals surface area contributed by atoms with Crippen LogP contribution in [-0.4, -0.2) is 64.3 Å². The Bertz CT molecular complexity index is 1240. The van der Waals surface area contributed by atoms with E-state index in [0.29, 0.717) is 32.9 Å². The number of imidazole rings is 1. The lowest BCUT2D eigenvalue weighted by Crippen LogP contribution is -2.43. The number of aromatic amines is 1. The molecule has 2 amide bonds. The van der Waals surface area contributed by atoms with Crippen molar-refractivity contribution >= 4 is 46.0 Å². The van der Waals surface area contributed by atoms with E-state index in [4.69, 9.17) is 23.2 Å².